The predicted molar refractivity (Wildman–Crippen MR) is 102 cm³/mol. The summed E-state index contributed by atoms with van der Waals surface area (Å²) < 4.78 is 1.69. The Morgan fingerprint density at radius 3 is 2.44 bits per heavy atom. The Labute approximate surface area is 154 Å². The predicted octanol–water partition coefficient (Wildman–Crippen LogP) is 4.88. The fraction of sp³-hybridized carbons (Fsp3) is 0.474. The van der Waals surface area contributed by atoms with Crippen LogP contribution in [-0.4, -0.2) is 20.8 Å². The molecule has 25 heavy (non-hydrogen) atoms. The van der Waals surface area contributed by atoms with Crippen molar-refractivity contribution < 1.29 is 9.90 Å². The molecule has 1 unspecified atom stereocenters. The lowest BCUT2D eigenvalue weighted by Crippen LogP contribution is -2.27. The summed E-state index contributed by atoms with van der Waals surface area (Å²) in [5.74, 6) is 0.268. The lowest BCUT2D eigenvalue weighted by atomic mass is 9.99. The highest BCUT2D eigenvalue weighted by molar-refractivity contribution is 6.31. The van der Waals surface area contributed by atoms with Crippen LogP contribution in [0, 0.1) is 20.8 Å². The van der Waals surface area contributed by atoms with Crippen LogP contribution < -0.4 is 5.32 Å². The van der Waals surface area contributed by atoms with Gasteiger partial charge in [-0.3, -0.25) is 9.48 Å². The molecule has 1 heterocycles. The number of hydrogen-bond donors (Lipinski definition) is 2. The van der Waals surface area contributed by atoms with E-state index in [0.717, 1.165) is 16.8 Å². The first-order valence-corrected chi connectivity index (χ1v) is 8.90. The van der Waals surface area contributed by atoms with Gasteiger partial charge in [-0.2, -0.15) is 5.10 Å². The molecule has 0 fully saturated rings. The zero-order valence-corrected chi connectivity index (χ0v) is 16.4. The van der Waals surface area contributed by atoms with Crippen molar-refractivity contribution in [3.8, 4) is 5.75 Å². The van der Waals surface area contributed by atoms with Crippen molar-refractivity contribution in [3.05, 3.63) is 39.7 Å². The van der Waals surface area contributed by atoms with E-state index < -0.39 is 6.04 Å². The highest BCUT2D eigenvalue weighted by atomic mass is 35.5. The van der Waals surface area contributed by atoms with Crippen molar-refractivity contribution in [1.29, 1.82) is 0 Å². The van der Waals surface area contributed by atoms with Gasteiger partial charge in [-0.05, 0) is 56.4 Å². The van der Waals surface area contributed by atoms with Gasteiger partial charge >= 0.3 is 0 Å². The number of aromatic nitrogens is 2. The second-order valence-corrected chi connectivity index (χ2v) is 7.10. The van der Waals surface area contributed by atoms with Gasteiger partial charge in [0, 0.05) is 5.69 Å². The number of aromatic hydroxyl groups is 1. The zero-order chi connectivity index (χ0) is 18.9. The molecule has 2 N–H and O–H groups in total. The lowest BCUT2D eigenvalue weighted by Gasteiger charge is -2.19. The number of amides is 1. The third kappa shape index (κ3) is 3.82. The lowest BCUT2D eigenvalue weighted by molar-refractivity contribution is -0.119. The van der Waals surface area contributed by atoms with Crippen molar-refractivity contribution in [2.45, 2.75) is 59.9 Å². The molecule has 0 aliphatic heterocycles. The van der Waals surface area contributed by atoms with Crippen LogP contribution in [0.5, 0.6) is 5.75 Å². The van der Waals surface area contributed by atoms with Crippen LogP contribution in [0.2, 0.25) is 5.02 Å². The van der Waals surface area contributed by atoms with Crippen LogP contribution in [-0.2, 0) is 4.79 Å². The maximum Gasteiger partial charge on any atom is 0.249 e. The minimum Gasteiger partial charge on any atom is -0.508 e. The van der Waals surface area contributed by atoms with Gasteiger partial charge in [0.1, 0.15) is 11.8 Å². The van der Waals surface area contributed by atoms with Gasteiger partial charge < -0.3 is 10.4 Å². The van der Waals surface area contributed by atoms with Crippen molar-refractivity contribution in [2.75, 3.05) is 5.32 Å². The first-order chi connectivity index (χ1) is 11.7. The van der Waals surface area contributed by atoms with E-state index in [4.69, 9.17) is 11.6 Å². The Kier molecular flexibility index (Phi) is 5.78. The Morgan fingerprint density at radius 1 is 1.32 bits per heavy atom. The van der Waals surface area contributed by atoms with Gasteiger partial charge in [-0.25, -0.2) is 0 Å². The van der Waals surface area contributed by atoms with E-state index in [9.17, 15) is 9.90 Å². The number of carbonyl (C=O) groups excluding carboxylic acids is 1. The molecule has 6 heteroatoms. The van der Waals surface area contributed by atoms with E-state index >= 15 is 0 Å². The third-order valence-corrected chi connectivity index (χ3v) is 5.02. The van der Waals surface area contributed by atoms with Gasteiger partial charge in [0.2, 0.25) is 5.91 Å². The molecule has 0 aliphatic carbocycles. The fourth-order valence-corrected chi connectivity index (χ4v) is 3.06. The number of carbonyl (C=O) groups is 1. The Morgan fingerprint density at radius 2 is 1.96 bits per heavy atom. The summed E-state index contributed by atoms with van der Waals surface area (Å²) in [4.78, 5) is 12.9. The summed E-state index contributed by atoms with van der Waals surface area (Å²) in [5, 5.41) is 18.1. The van der Waals surface area contributed by atoms with Gasteiger partial charge in [0.05, 0.1) is 16.4 Å². The maximum atomic E-state index is 12.9. The Bertz CT molecular complexity index is 796. The number of hydrogen-bond acceptors (Lipinski definition) is 3. The van der Waals surface area contributed by atoms with Crippen LogP contribution in [0.3, 0.4) is 0 Å². The largest absolute Gasteiger partial charge is 0.508 e. The number of benzene rings is 1. The first kappa shape index (κ1) is 19.3. The molecular formula is C19H26ClN3O2. The average Bonchev–Trinajstić information content (AvgIpc) is 2.78. The quantitative estimate of drug-likeness (QED) is 0.744. The van der Waals surface area contributed by atoms with E-state index in [1.807, 2.05) is 47.6 Å². The summed E-state index contributed by atoms with van der Waals surface area (Å²) in [6.45, 7) is 11.5. The normalized spacial score (nSPS) is 12.5. The topological polar surface area (TPSA) is 67.2 Å². The molecule has 0 spiro atoms. The summed E-state index contributed by atoms with van der Waals surface area (Å²) in [5.41, 5.74) is 3.83. The summed E-state index contributed by atoms with van der Waals surface area (Å²) >= 11 is 6.22. The molecule has 1 atom stereocenters. The summed E-state index contributed by atoms with van der Waals surface area (Å²) in [6.07, 6.45) is 0.596. The van der Waals surface area contributed by atoms with Crippen LogP contribution in [0.25, 0.3) is 0 Å². The van der Waals surface area contributed by atoms with Crippen LogP contribution in [0.4, 0.5) is 5.69 Å². The molecule has 1 aromatic carbocycles. The minimum atomic E-state index is -0.443. The molecule has 2 aromatic rings. The molecule has 136 valence electrons. The monoisotopic (exact) mass is 363 g/mol. The molecule has 5 nitrogen and oxygen atoms in total. The SMILES string of the molecule is CCC(C(=O)Nc1cc(C(C)C)c(O)cc1C)n1nc(C)c(Cl)c1C. The molecule has 2 rings (SSSR count). The number of anilines is 1. The van der Waals surface area contributed by atoms with Gasteiger partial charge in [-0.1, -0.05) is 32.4 Å². The van der Waals surface area contributed by atoms with Crippen molar-refractivity contribution in [2.24, 2.45) is 0 Å². The molecule has 0 bridgehead atoms. The second kappa shape index (κ2) is 7.48. The fourth-order valence-electron chi connectivity index (χ4n) is 2.94. The van der Waals surface area contributed by atoms with Crippen LogP contribution in [0.1, 0.15) is 61.7 Å². The molecule has 0 saturated heterocycles. The number of nitrogens with zero attached hydrogens (tertiary/aromatic N) is 2. The molecule has 0 aliphatic rings. The van der Waals surface area contributed by atoms with Crippen molar-refractivity contribution >= 4 is 23.2 Å². The van der Waals surface area contributed by atoms with Crippen molar-refractivity contribution in [3.63, 3.8) is 0 Å². The van der Waals surface area contributed by atoms with E-state index in [-0.39, 0.29) is 17.6 Å². The number of aryl methyl sites for hydroxylation is 2. The van der Waals surface area contributed by atoms with Crippen LogP contribution >= 0.6 is 11.6 Å². The third-order valence-electron chi connectivity index (χ3n) is 4.47. The molecule has 1 amide bonds. The average molecular weight is 364 g/mol. The molecule has 1 aromatic heterocycles. The van der Waals surface area contributed by atoms with E-state index in [0.29, 0.717) is 22.8 Å². The second-order valence-electron chi connectivity index (χ2n) is 6.72. The van der Waals surface area contributed by atoms with E-state index in [1.165, 1.54) is 0 Å². The summed E-state index contributed by atoms with van der Waals surface area (Å²) in [6, 6.07) is 3.09. The van der Waals surface area contributed by atoms with Crippen molar-refractivity contribution in [1.82, 2.24) is 9.78 Å². The standard InChI is InChI=1S/C19H26ClN3O2/c1-7-16(23-13(6)18(20)12(5)22-23)19(25)21-15-9-14(10(2)3)17(24)8-11(15)4/h8-10,16,24H,7H2,1-6H3,(H,21,25). The van der Waals surface area contributed by atoms with Gasteiger partial charge in [-0.15, -0.1) is 0 Å². The van der Waals surface area contributed by atoms with Crippen LogP contribution in [0.15, 0.2) is 12.1 Å². The van der Waals surface area contributed by atoms with E-state index in [1.54, 1.807) is 10.7 Å². The smallest absolute Gasteiger partial charge is 0.249 e. The Balaban J connectivity index is 2.34. The molecular weight excluding hydrogens is 338 g/mol. The minimum absolute atomic E-state index is 0.145. The molecule has 0 saturated carbocycles. The summed E-state index contributed by atoms with van der Waals surface area (Å²) in [7, 11) is 0. The Hall–Kier alpha value is -2.01. The highest BCUT2D eigenvalue weighted by Crippen LogP contribution is 2.32. The number of nitrogens with one attached hydrogen (secondary N) is 1. The molecule has 0 radical (unpaired) electrons. The number of halogens is 1. The highest BCUT2D eigenvalue weighted by Gasteiger charge is 2.24. The number of rotatable bonds is 5. The van der Waals surface area contributed by atoms with E-state index in [2.05, 4.69) is 10.4 Å². The van der Waals surface area contributed by atoms with Gasteiger partial charge in [0.25, 0.3) is 0 Å². The maximum absolute atomic E-state index is 12.9. The zero-order valence-electron chi connectivity index (χ0n) is 15.6. The first-order valence-electron chi connectivity index (χ1n) is 8.52. The van der Waals surface area contributed by atoms with Gasteiger partial charge in [0.15, 0.2) is 0 Å². The number of phenols is 1. The number of phenolic OH excluding ortho intramolecular Hbond substituents is 1.